The zero-order valence-electron chi connectivity index (χ0n) is 9.35. The first-order chi connectivity index (χ1) is 8.09. The molecule has 17 heavy (non-hydrogen) atoms. The van der Waals surface area contributed by atoms with Crippen molar-refractivity contribution in [3.05, 3.63) is 30.3 Å². The minimum absolute atomic E-state index is 0.173. The van der Waals surface area contributed by atoms with Crippen LogP contribution in [0.2, 0.25) is 0 Å². The van der Waals surface area contributed by atoms with Gasteiger partial charge in [-0.2, -0.15) is 0 Å². The van der Waals surface area contributed by atoms with Crippen LogP contribution in [0, 0.1) is 0 Å². The molecule has 4 nitrogen and oxygen atoms in total. The molecule has 1 fully saturated rings. The minimum Gasteiger partial charge on any atom is -0.466 e. The molecule has 1 aromatic carbocycles. The second-order valence-corrected chi connectivity index (χ2v) is 3.84. The molecule has 0 aliphatic carbocycles. The summed E-state index contributed by atoms with van der Waals surface area (Å²) in [6, 6.07) is 8.69. The number of nitrogens with zero attached hydrogens (tertiary/aromatic N) is 1. The second kappa shape index (κ2) is 4.16. The summed E-state index contributed by atoms with van der Waals surface area (Å²) >= 11 is 0. The highest BCUT2D eigenvalue weighted by Crippen LogP contribution is 2.32. The molecule has 1 saturated heterocycles. The summed E-state index contributed by atoms with van der Waals surface area (Å²) in [5, 5.41) is 0. The van der Waals surface area contributed by atoms with Gasteiger partial charge < -0.3 is 9.64 Å². The highest BCUT2D eigenvalue weighted by atomic mass is 19.1. The van der Waals surface area contributed by atoms with E-state index in [0.717, 1.165) is 7.11 Å². The number of anilines is 1. The first-order valence-corrected chi connectivity index (χ1v) is 5.24. The number of ether oxygens (including phenoxy) is 1. The number of methoxy groups -OCH3 is 1. The van der Waals surface area contributed by atoms with E-state index in [9.17, 15) is 14.0 Å². The summed E-state index contributed by atoms with van der Waals surface area (Å²) < 4.78 is 18.5. The average Bonchev–Trinajstić information content (AvgIpc) is 2.67. The van der Waals surface area contributed by atoms with Gasteiger partial charge in [-0.1, -0.05) is 18.2 Å². The Balaban J connectivity index is 2.27. The van der Waals surface area contributed by atoms with E-state index in [0.29, 0.717) is 5.69 Å². The molecule has 0 spiro atoms. The third-order valence-electron chi connectivity index (χ3n) is 2.84. The number of hydrogen-bond acceptors (Lipinski definition) is 3. The summed E-state index contributed by atoms with van der Waals surface area (Å²) in [7, 11) is 1.07. The highest BCUT2D eigenvalue weighted by molar-refractivity contribution is 6.14. The Kier molecular flexibility index (Phi) is 2.83. The quantitative estimate of drug-likeness (QED) is 0.575. The zero-order chi connectivity index (χ0) is 12.5. The van der Waals surface area contributed by atoms with Gasteiger partial charge >= 0.3 is 5.97 Å². The second-order valence-electron chi connectivity index (χ2n) is 3.84. The standard InChI is InChI=1S/C12H12FNO3/c1-17-11(16)12(13)7-8-14(10(12)15)9-5-3-2-4-6-9/h2-6H,7-8H2,1H3. The fraction of sp³-hybridized carbons (Fsp3) is 0.333. The molecule has 1 atom stereocenters. The number of rotatable bonds is 2. The maximum atomic E-state index is 14.2. The van der Waals surface area contributed by atoms with Crippen LogP contribution in [-0.4, -0.2) is 31.2 Å². The molecule has 1 aromatic rings. The third-order valence-corrected chi connectivity index (χ3v) is 2.84. The van der Waals surface area contributed by atoms with Gasteiger partial charge in [0.15, 0.2) is 0 Å². The molecule has 0 bridgehead atoms. The van der Waals surface area contributed by atoms with Gasteiger partial charge in [-0.3, -0.25) is 4.79 Å². The van der Waals surface area contributed by atoms with E-state index in [1.807, 2.05) is 0 Å². The van der Waals surface area contributed by atoms with Crippen LogP contribution < -0.4 is 4.90 Å². The van der Waals surface area contributed by atoms with E-state index in [1.54, 1.807) is 30.3 Å². The Hall–Kier alpha value is -1.91. The molecule has 1 aliphatic heterocycles. The van der Waals surface area contributed by atoms with Gasteiger partial charge in [0.2, 0.25) is 0 Å². The van der Waals surface area contributed by atoms with Crippen molar-refractivity contribution in [3.8, 4) is 0 Å². The first kappa shape index (κ1) is 11.6. The van der Waals surface area contributed by atoms with Crippen LogP contribution in [0.15, 0.2) is 30.3 Å². The van der Waals surface area contributed by atoms with Gasteiger partial charge in [0.1, 0.15) is 0 Å². The lowest BCUT2D eigenvalue weighted by Gasteiger charge is -2.18. The smallest absolute Gasteiger partial charge is 0.353 e. The first-order valence-electron chi connectivity index (χ1n) is 5.24. The molecule has 5 heteroatoms. The lowest BCUT2D eigenvalue weighted by molar-refractivity contribution is -0.158. The number of hydrogen-bond donors (Lipinski definition) is 0. The van der Waals surface area contributed by atoms with Gasteiger partial charge in [0, 0.05) is 18.7 Å². The van der Waals surface area contributed by atoms with Gasteiger partial charge in [0.25, 0.3) is 11.6 Å². The highest BCUT2D eigenvalue weighted by Gasteiger charge is 2.55. The lowest BCUT2D eigenvalue weighted by Crippen LogP contribution is -2.43. The van der Waals surface area contributed by atoms with E-state index in [1.165, 1.54) is 4.90 Å². The maximum Gasteiger partial charge on any atom is 0.353 e. The predicted octanol–water partition coefficient (Wildman–Crippen LogP) is 1.30. The Morgan fingerprint density at radius 2 is 2.06 bits per heavy atom. The Morgan fingerprint density at radius 1 is 1.41 bits per heavy atom. The summed E-state index contributed by atoms with van der Waals surface area (Å²) in [5.74, 6) is -1.98. The molecule has 2 rings (SSSR count). The van der Waals surface area contributed by atoms with Crippen LogP contribution in [0.5, 0.6) is 0 Å². The van der Waals surface area contributed by atoms with E-state index in [-0.39, 0.29) is 13.0 Å². The van der Waals surface area contributed by atoms with Crippen molar-refractivity contribution in [2.24, 2.45) is 0 Å². The zero-order valence-corrected chi connectivity index (χ0v) is 9.35. The number of amides is 1. The molecule has 1 unspecified atom stereocenters. The lowest BCUT2D eigenvalue weighted by atomic mass is 10.1. The minimum atomic E-state index is -2.54. The van der Waals surface area contributed by atoms with Crippen molar-refractivity contribution in [3.63, 3.8) is 0 Å². The molecule has 0 aromatic heterocycles. The summed E-state index contributed by atoms with van der Waals surface area (Å²) in [6.45, 7) is 0.175. The van der Waals surface area contributed by atoms with Crippen LogP contribution in [0.1, 0.15) is 6.42 Å². The Morgan fingerprint density at radius 3 is 2.65 bits per heavy atom. The monoisotopic (exact) mass is 237 g/mol. The SMILES string of the molecule is COC(=O)C1(F)CCN(c2ccccc2)C1=O. The summed E-state index contributed by atoms with van der Waals surface area (Å²) in [5.41, 5.74) is -1.95. The molecule has 1 aliphatic rings. The fourth-order valence-electron chi connectivity index (χ4n) is 1.89. The van der Waals surface area contributed by atoms with Crippen molar-refractivity contribution < 1.29 is 18.7 Å². The number of halogens is 1. The molecule has 0 N–H and O–H groups in total. The molecule has 0 radical (unpaired) electrons. The van der Waals surface area contributed by atoms with Crippen LogP contribution >= 0.6 is 0 Å². The maximum absolute atomic E-state index is 14.2. The van der Waals surface area contributed by atoms with Crippen LogP contribution in [0.25, 0.3) is 0 Å². The molecule has 0 saturated carbocycles. The van der Waals surface area contributed by atoms with E-state index in [2.05, 4.69) is 4.74 Å². The van der Waals surface area contributed by atoms with Crippen LogP contribution in [-0.2, 0) is 14.3 Å². The van der Waals surface area contributed by atoms with E-state index >= 15 is 0 Å². The topological polar surface area (TPSA) is 46.6 Å². The van der Waals surface area contributed by atoms with Crippen molar-refractivity contribution >= 4 is 17.6 Å². The average molecular weight is 237 g/mol. The Labute approximate surface area is 98.0 Å². The van der Waals surface area contributed by atoms with Crippen molar-refractivity contribution in [1.82, 2.24) is 0 Å². The van der Waals surface area contributed by atoms with Gasteiger partial charge in [-0.05, 0) is 12.1 Å². The van der Waals surface area contributed by atoms with Crippen molar-refractivity contribution in [2.75, 3.05) is 18.6 Å². The molecular formula is C12H12FNO3. The number of benzene rings is 1. The fourth-order valence-corrected chi connectivity index (χ4v) is 1.89. The number of alkyl halides is 1. The van der Waals surface area contributed by atoms with Gasteiger partial charge in [-0.15, -0.1) is 0 Å². The van der Waals surface area contributed by atoms with Crippen molar-refractivity contribution in [2.45, 2.75) is 12.1 Å². The summed E-state index contributed by atoms with van der Waals surface area (Å²) in [6.07, 6.45) is -0.173. The van der Waals surface area contributed by atoms with Crippen LogP contribution in [0.3, 0.4) is 0 Å². The number of esters is 1. The summed E-state index contributed by atoms with van der Waals surface area (Å²) in [4.78, 5) is 24.4. The van der Waals surface area contributed by atoms with E-state index in [4.69, 9.17) is 0 Å². The van der Waals surface area contributed by atoms with Crippen LogP contribution in [0.4, 0.5) is 10.1 Å². The number of carbonyl (C=O) groups excluding carboxylic acids is 2. The Bertz CT molecular complexity index is 448. The predicted molar refractivity (Wildman–Crippen MR) is 59.3 cm³/mol. The largest absolute Gasteiger partial charge is 0.466 e. The van der Waals surface area contributed by atoms with E-state index < -0.39 is 17.5 Å². The van der Waals surface area contributed by atoms with Crippen molar-refractivity contribution in [1.29, 1.82) is 0 Å². The number of para-hydroxylation sites is 1. The third kappa shape index (κ3) is 1.77. The number of carbonyl (C=O) groups is 2. The molecule has 90 valence electrons. The van der Waals surface area contributed by atoms with Gasteiger partial charge in [-0.25, -0.2) is 9.18 Å². The molecule has 1 heterocycles. The van der Waals surface area contributed by atoms with Gasteiger partial charge in [0.05, 0.1) is 7.11 Å². The molecule has 1 amide bonds. The normalized spacial score (nSPS) is 23.9. The molecular weight excluding hydrogens is 225 g/mol.